The molecular formula is C9H7O2. The molecule has 2 heteroatoms. The molecule has 1 aromatic carbocycles. The van der Waals surface area contributed by atoms with E-state index in [1.54, 1.807) is 7.11 Å². The Morgan fingerprint density at radius 3 is 3.18 bits per heavy atom. The van der Waals surface area contributed by atoms with Gasteiger partial charge in [0.25, 0.3) is 0 Å². The van der Waals surface area contributed by atoms with Gasteiger partial charge in [0, 0.05) is 6.07 Å². The topological polar surface area (TPSA) is 22.4 Å². The summed E-state index contributed by atoms with van der Waals surface area (Å²) in [5.74, 6) is 0.802. The molecule has 1 aromatic heterocycles. The van der Waals surface area contributed by atoms with Crippen molar-refractivity contribution < 1.29 is 9.15 Å². The van der Waals surface area contributed by atoms with Gasteiger partial charge < -0.3 is 9.15 Å². The molecule has 0 fully saturated rings. The largest absolute Gasteiger partial charge is 0.496 e. The molecule has 2 nitrogen and oxygen atoms in total. The van der Waals surface area contributed by atoms with Crippen molar-refractivity contribution in [1.29, 1.82) is 0 Å². The van der Waals surface area contributed by atoms with E-state index >= 15 is 0 Å². The first-order chi connectivity index (χ1) is 5.42. The number of hydrogen-bond donors (Lipinski definition) is 0. The normalized spacial score (nSPS) is 10.3. The highest BCUT2D eigenvalue weighted by Crippen LogP contribution is 2.24. The Morgan fingerprint density at radius 2 is 2.36 bits per heavy atom. The first-order valence-electron chi connectivity index (χ1n) is 3.33. The Morgan fingerprint density at radius 1 is 1.45 bits per heavy atom. The zero-order valence-electron chi connectivity index (χ0n) is 6.13. The Hall–Kier alpha value is -1.44. The van der Waals surface area contributed by atoms with E-state index in [-0.39, 0.29) is 0 Å². The minimum atomic E-state index is 0.802. The molecule has 0 unspecified atom stereocenters. The summed E-state index contributed by atoms with van der Waals surface area (Å²) in [5.41, 5.74) is 0.810. The Bertz CT molecular complexity index is 362. The summed E-state index contributed by atoms with van der Waals surface area (Å²) in [5, 5.41) is 0.898. The van der Waals surface area contributed by atoms with Gasteiger partial charge in [-0.1, -0.05) is 6.07 Å². The van der Waals surface area contributed by atoms with E-state index in [0.29, 0.717) is 0 Å². The van der Waals surface area contributed by atoms with E-state index in [1.165, 1.54) is 6.26 Å². The zero-order chi connectivity index (χ0) is 7.68. The summed E-state index contributed by atoms with van der Waals surface area (Å²) in [6, 6.07) is 8.60. The van der Waals surface area contributed by atoms with Crippen LogP contribution in [0.4, 0.5) is 0 Å². The third-order valence-electron chi connectivity index (χ3n) is 1.60. The van der Waals surface area contributed by atoms with Crippen LogP contribution in [0.1, 0.15) is 0 Å². The highest BCUT2D eigenvalue weighted by molar-refractivity contribution is 5.83. The summed E-state index contributed by atoms with van der Waals surface area (Å²) >= 11 is 0. The van der Waals surface area contributed by atoms with Crippen LogP contribution in [0.15, 0.2) is 28.9 Å². The lowest BCUT2D eigenvalue weighted by Gasteiger charge is -1.97. The summed E-state index contributed by atoms with van der Waals surface area (Å²) in [6.07, 6.45) is 1.53. The molecule has 0 saturated heterocycles. The number of rotatable bonds is 1. The predicted octanol–water partition coefficient (Wildman–Crippen LogP) is 2.24. The van der Waals surface area contributed by atoms with Gasteiger partial charge in [0.2, 0.25) is 0 Å². The van der Waals surface area contributed by atoms with Crippen LogP contribution in [-0.4, -0.2) is 7.11 Å². The van der Waals surface area contributed by atoms with Gasteiger partial charge in [0.1, 0.15) is 11.3 Å². The fourth-order valence-corrected chi connectivity index (χ4v) is 1.07. The van der Waals surface area contributed by atoms with E-state index in [1.807, 2.05) is 18.2 Å². The molecule has 0 N–H and O–H groups in total. The van der Waals surface area contributed by atoms with E-state index < -0.39 is 0 Å². The number of fused-ring (bicyclic) bond motifs is 1. The van der Waals surface area contributed by atoms with Crippen molar-refractivity contribution in [3.05, 3.63) is 30.5 Å². The van der Waals surface area contributed by atoms with Gasteiger partial charge in [0.05, 0.1) is 18.8 Å². The van der Waals surface area contributed by atoms with Crippen LogP contribution in [0.25, 0.3) is 11.0 Å². The van der Waals surface area contributed by atoms with E-state index in [4.69, 9.17) is 9.15 Å². The van der Waals surface area contributed by atoms with Gasteiger partial charge in [0.15, 0.2) is 0 Å². The zero-order valence-corrected chi connectivity index (χ0v) is 6.13. The lowest BCUT2D eigenvalue weighted by Crippen LogP contribution is -1.81. The van der Waals surface area contributed by atoms with Crippen molar-refractivity contribution >= 4 is 11.0 Å². The Labute approximate surface area is 64.4 Å². The summed E-state index contributed by atoms with van der Waals surface area (Å²) < 4.78 is 10.2. The average Bonchev–Trinajstić information content (AvgIpc) is 2.50. The molecular weight excluding hydrogens is 140 g/mol. The highest BCUT2D eigenvalue weighted by Gasteiger charge is 2.01. The summed E-state index contributed by atoms with van der Waals surface area (Å²) in [7, 11) is 1.63. The van der Waals surface area contributed by atoms with E-state index in [9.17, 15) is 0 Å². The minimum absolute atomic E-state index is 0.802. The summed E-state index contributed by atoms with van der Waals surface area (Å²) in [4.78, 5) is 0. The number of hydrogen-bond acceptors (Lipinski definition) is 2. The SMILES string of the molecule is COc1cccc2oc[c]c12. The molecule has 0 amide bonds. The fourth-order valence-electron chi connectivity index (χ4n) is 1.07. The van der Waals surface area contributed by atoms with Gasteiger partial charge in [-0.15, -0.1) is 0 Å². The Balaban J connectivity index is 2.79. The van der Waals surface area contributed by atoms with Crippen molar-refractivity contribution in [2.24, 2.45) is 0 Å². The van der Waals surface area contributed by atoms with Crippen LogP contribution < -0.4 is 4.74 Å². The molecule has 0 bridgehead atoms. The molecule has 0 aliphatic carbocycles. The van der Waals surface area contributed by atoms with Gasteiger partial charge in [-0.25, -0.2) is 0 Å². The second-order valence-electron chi connectivity index (χ2n) is 2.21. The maximum absolute atomic E-state index is 5.12. The molecule has 0 aliphatic rings. The molecule has 0 spiro atoms. The van der Waals surface area contributed by atoms with Crippen molar-refractivity contribution in [3.8, 4) is 5.75 Å². The van der Waals surface area contributed by atoms with Crippen molar-refractivity contribution in [2.75, 3.05) is 7.11 Å². The second-order valence-corrected chi connectivity index (χ2v) is 2.21. The van der Waals surface area contributed by atoms with Gasteiger partial charge in [-0.2, -0.15) is 0 Å². The summed E-state index contributed by atoms with van der Waals surface area (Å²) in [6.45, 7) is 0. The first kappa shape index (κ1) is 6.28. The van der Waals surface area contributed by atoms with Crippen LogP contribution in [0.5, 0.6) is 5.75 Å². The van der Waals surface area contributed by atoms with Crippen LogP contribution in [0, 0.1) is 6.07 Å². The molecule has 0 atom stereocenters. The molecule has 1 radical (unpaired) electrons. The third-order valence-corrected chi connectivity index (χ3v) is 1.60. The van der Waals surface area contributed by atoms with Crippen molar-refractivity contribution in [2.45, 2.75) is 0 Å². The quantitative estimate of drug-likeness (QED) is 0.617. The van der Waals surface area contributed by atoms with Crippen LogP contribution >= 0.6 is 0 Å². The molecule has 11 heavy (non-hydrogen) atoms. The molecule has 55 valence electrons. The van der Waals surface area contributed by atoms with Crippen molar-refractivity contribution in [3.63, 3.8) is 0 Å². The average molecular weight is 147 g/mol. The number of benzene rings is 1. The van der Waals surface area contributed by atoms with Crippen molar-refractivity contribution in [1.82, 2.24) is 0 Å². The van der Waals surface area contributed by atoms with Gasteiger partial charge in [-0.05, 0) is 12.1 Å². The van der Waals surface area contributed by atoms with Gasteiger partial charge >= 0.3 is 0 Å². The maximum Gasteiger partial charge on any atom is 0.138 e. The standard InChI is InChI=1S/C9H7O2/c1-10-8-3-2-4-9-7(8)5-6-11-9/h2-4,6H,1H3. The number of furan rings is 1. The smallest absolute Gasteiger partial charge is 0.138 e. The van der Waals surface area contributed by atoms with Crippen LogP contribution in [0.3, 0.4) is 0 Å². The lowest BCUT2D eigenvalue weighted by atomic mass is 10.2. The monoisotopic (exact) mass is 147 g/mol. The minimum Gasteiger partial charge on any atom is -0.496 e. The van der Waals surface area contributed by atoms with Crippen LogP contribution in [0.2, 0.25) is 0 Å². The number of ether oxygens (including phenoxy) is 1. The van der Waals surface area contributed by atoms with E-state index in [0.717, 1.165) is 16.7 Å². The highest BCUT2D eigenvalue weighted by atomic mass is 16.5. The number of methoxy groups -OCH3 is 1. The van der Waals surface area contributed by atoms with E-state index in [2.05, 4.69) is 6.07 Å². The maximum atomic E-state index is 5.12. The Kier molecular flexibility index (Phi) is 1.32. The fraction of sp³-hybridized carbons (Fsp3) is 0.111. The second kappa shape index (κ2) is 2.31. The lowest BCUT2D eigenvalue weighted by molar-refractivity contribution is 0.419. The van der Waals surface area contributed by atoms with Crippen LogP contribution in [-0.2, 0) is 0 Å². The van der Waals surface area contributed by atoms with Gasteiger partial charge in [-0.3, -0.25) is 0 Å². The molecule has 0 saturated carbocycles. The first-order valence-corrected chi connectivity index (χ1v) is 3.33. The molecule has 2 aromatic rings. The predicted molar refractivity (Wildman–Crippen MR) is 41.6 cm³/mol. The molecule has 1 heterocycles. The molecule has 2 rings (SSSR count). The molecule has 0 aliphatic heterocycles. The third kappa shape index (κ3) is 0.871.